The van der Waals surface area contributed by atoms with Crippen LogP contribution in [0.2, 0.25) is 0 Å². The van der Waals surface area contributed by atoms with Gasteiger partial charge in [-0.1, -0.05) is 27.7 Å². The predicted molar refractivity (Wildman–Crippen MR) is 61.3 cm³/mol. The van der Waals surface area contributed by atoms with E-state index >= 15 is 0 Å². The van der Waals surface area contributed by atoms with Crippen molar-refractivity contribution in [2.75, 3.05) is 13.2 Å². The molecule has 0 bridgehead atoms. The Morgan fingerprint density at radius 1 is 1.47 bits per heavy atom. The summed E-state index contributed by atoms with van der Waals surface area (Å²) >= 11 is 0. The lowest BCUT2D eigenvalue weighted by Gasteiger charge is -2.23. The summed E-state index contributed by atoms with van der Waals surface area (Å²) in [5.74, 6) is 0.263. The Labute approximate surface area is 92.2 Å². The molecule has 0 aromatic carbocycles. The molecule has 0 saturated heterocycles. The molecule has 0 aliphatic heterocycles. The Morgan fingerprint density at radius 2 is 2.00 bits per heavy atom. The molecule has 4 heteroatoms. The molecule has 1 atom stereocenters. The average Bonchev–Trinajstić information content (AvgIpc) is 2.15. The van der Waals surface area contributed by atoms with Crippen molar-refractivity contribution in [3.63, 3.8) is 0 Å². The van der Waals surface area contributed by atoms with Crippen molar-refractivity contribution in [3.05, 3.63) is 0 Å². The zero-order chi connectivity index (χ0) is 12.1. The van der Waals surface area contributed by atoms with Crippen LogP contribution in [-0.2, 0) is 4.79 Å². The number of carbonyl (C=O) groups is 1. The lowest BCUT2D eigenvalue weighted by molar-refractivity contribution is -0.122. The van der Waals surface area contributed by atoms with Crippen LogP contribution < -0.4 is 11.1 Å². The Balaban J connectivity index is 3.86. The van der Waals surface area contributed by atoms with Crippen molar-refractivity contribution in [1.82, 2.24) is 5.32 Å². The highest BCUT2D eigenvalue weighted by atomic mass is 16.3. The molecular formula is C11H24N2O2. The van der Waals surface area contributed by atoms with E-state index in [0.717, 1.165) is 0 Å². The fraction of sp³-hybridized carbons (Fsp3) is 0.909. The van der Waals surface area contributed by atoms with E-state index in [2.05, 4.69) is 5.32 Å². The van der Waals surface area contributed by atoms with Crippen molar-refractivity contribution < 1.29 is 9.90 Å². The molecule has 0 radical (unpaired) electrons. The number of carbonyl (C=O) groups excluding carboxylic acids is 1. The van der Waals surface area contributed by atoms with Crippen LogP contribution in [0, 0.1) is 11.3 Å². The quantitative estimate of drug-likeness (QED) is 0.605. The van der Waals surface area contributed by atoms with Gasteiger partial charge in [0.25, 0.3) is 0 Å². The van der Waals surface area contributed by atoms with E-state index in [4.69, 9.17) is 10.8 Å². The molecule has 0 aliphatic rings. The summed E-state index contributed by atoms with van der Waals surface area (Å²) in [6.07, 6.45) is 0.346. The predicted octanol–water partition coefficient (Wildman–Crippen LogP) is 0.494. The topological polar surface area (TPSA) is 75.4 Å². The molecule has 15 heavy (non-hydrogen) atoms. The second-order valence-electron chi connectivity index (χ2n) is 5.21. The zero-order valence-corrected chi connectivity index (χ0v) is 10.2. The summed E-state index contributed by atoms with van der Waals surface area (Å²) in [7, 11) is 0. The van der Waals surface area contributed by atoms with Crippen LogP contribution in [0.5, 0.6) is 0 Å². The number of aliphatic hydroxyl groups is 1. The third kappa shape index (κ3) is 6.47. The summed E-state index contributed by atoms with van der Waals surface area (Å²) in [5, 5.41) is 11.8. The molecule has 1 unspecified atom stereocenters. The summed E-state index contributed by atoms with van der Waals surface area (Å²) in [6.45, 7) is 8.33. The molecule has 0 spiro atoms. The Hall–Kier alpha value is -0.610. The molecule has 4 N–H and O–H groups in total. The van der Waals surface area contributed by atoms with E-state index < -0.39 is 0 Å². The highest BCUT2D eigenvalue weighted by Crippen LogP contribution is 2.11. The van der Waals surface area contributed by atoms with Crippen molar-refractivity contribution in [2.24, 2.45) is 17.1 Å². The minimum absolute atomic E-state index is 0.0438. The molecule has 1 amide bonds. The summed E-state index contributed by atoms with van der Waals surface area (Å²) in [6, 6.07) is -0.0951. The van der Waals surface area contributed by atoms with Crippen LogP contribution in [0.3, 0.4) is 0 Å². The van der Waals surface area contributed by atoms with Crippen molar-refractivity contribution >= 4 is 5.91 Å². The van der Waals surface area contributed by atoms with E-state index in [1.807, 2.05) is 27.7 Å². The number of amides is 1. The maximum Gasteiger partial charge on any atom is 0.221 e. The first kappa shape index (κ1) is 14.4. The van der Waals surface area contributed by atoms with Crippen LogP contribution in [0.25, 0.3) is 0 Å². The third-order valence-corrected chi connectivity index (χ3v) is 2.47. The molecule has 0 aliphatic carbocycles. The number of rotatable bonds is 6. The molecule has 0 fully saturated rings. The van der Waals surface area contributed by atoms with E-state index in [-0.39, 0.29) is 24.0 Å². The van der Waals surface area contributed by atoms with Gasteiger partial charge in [0, 0.05) is 31.0 Å². The van der Waals surface area contributed by atoms with Gasteiger partial charge < -0.3 is 16.2 Å². The summed E-state index contributed by atoms with van der Waals surface area (Å²) < 4.78 is 0. The van der Waals surface area contributed by atoms with Gasteiger partial charge in [-0.25, -0.2) is 0 Å². The van der Waals surface area contributed by atoms with Gasteiger partial charge in [-0.15, -0.1) is 0 Å². The molecule has 0 aromatic rings. The fourth-order valence-corrected chi connectivity index (χ4v) is 0.916. The summed E-state index contributed by atoms with van der Waals surface area (Å²) in [5.41, 5.74) is 5.51. The highest BCUT2D eigenvalue weighted by molar-refractivity contribution is 5.76. The van der Waals surface area contributed by atoms with Gasteiger partial charge in [-0.2, -0.15) is 0 Å². The van der Waals surface area contributed by atoms with Crippen LogP contribution in [0.4, 0.5) is 0 Å². The standard InChI is InChI=1S/C11H24N2O2/c1-8(2)9(12)5-10(15)13-6-11(3,4)7-14/h8-9,14H,5-7,12H2,1-4H3,(H,13,15). The second-order valence-corrected chi connectivity index (χ2v) is 5.21. The first-order valence-corrected chi connectivity index (χ1v) is 5.41. The Kier molecular flexibility index (Phi) is 5.83. The number of hydrogen-bond donors (Lipinski definition) is 3. The first-order chi connectivity index (χ1) is 6.78. The van der Waals surface area contributed by atoms with Gasteiger partial charge in [0.05, 0.1) is 0 Å². The SMILES string of the molecule is CC(C)C(N)CC(=O)NCC(C)(C)CO. The third-order valence-electron chi connectivity index (χ3n) is 2.47. The normalized spacial score (nSPS) is 14.1. The highest BCUT2D eigenvalue weighted by Gasteiger charge is 2.19. The van der Waals surface area contributed by atoms with Crippen LogP contribution in [0.1, 0.15) is 34.1 Å². The van der Waals surface area contributed by atoms with Gasteiger partial charge >= 0.3 is 0 Å². The number of nitrogens with one attached hydrogen (secondary N) is 1. The average molecular weight is 216 g/mol. The maximum absolute atomic E-state index is 11.4. The van der Waals surface area contributed by atoms with Crippen molar-refractivity contribution in [1.29, 1.82) is 0 Å². The van der Waals surface area contributed by atoms with E-state index in [0.29, 0.717) is 18.9 Å². The lowest BCUT2D eigenvalue weighted by Crippen LogP contribution is -2.39. The van der Waals surface area contributed by atoms with Gasteiger partial charge in [-0.3, -0.25) is 4.79 Å². The largest absolute Gasteiger partial charge is 0.396 e. The minimum Gasteiger partial charge on any atom is -0.396 e. The van der Waals surface area contributed by atoms with Crippen molar-refractivity contribution in [2.45, 2.75) is 40.2 Å². The lowest BCUT2D eigenvalue weighted by atomic mass is 9.94. The summed E-state index contributed by atoms with van der Waals surface area (Å²) in [4.78, 5) is 11.4. The Bertz CT molecular complexity index is 203. The van der Waals surface area contributed by atoms with Gasteiger partial charge in [-0.05, 0) is 5.92 Å². The fourth-order valence-electron chi connectivity index (χ4n) is 0.916. The number of nitrogens with two attached hydrogens (primary N) is 1. The van der Waals surface area contributed by atoms with Gasteiger partial charge in [0.2, 0.25) is 5.91 Å². The molecule has 0 saturated carbocycles. The number of aliphatic hydroxyl groups excluding tert-OH is 1. The maximum atomic E-state index is 11.4. The van der Waals surface area contributed by atoms with Gasteiger partial charge in [0.15, 0.2) is 0 Å². The Morgan fingerprint density at radius 3 is 2.40 bits per heavy atom. The van der Waals surface area contributed by atoms with Crippen LogP contribution in [-0.4, -0.2) is 30.2 Å². The number of hydrogen-bond acceptors (Lipinski definition) is 3. The van der Waals surface area contributed by atoms with Crippen LogP contribution in [0.15, 0.2) is 0 Å². The minimum atomic E-state index is -0.266. The molecular weight excluding hydrogens is 192 g/mol. The zero-order valence-electron chi connectivity index (χ0n) is 10.2. The second kappa shape index (κ2) is 6.08. The molecule has 0 rings (SSSR count). The van der Waals surface area contributed by atoms with E-state index in [1.165, 1.54) is 0 Å². The molecule has 0 heterocycles. The molecule has 0 aromatic heterocycles. The molecule has 4 nitrogen and oxygen atoms in total. The van der Waals surface area contributed by atoms with E-state index in [1.54, 1.807) is 0 Å². The smallest absolute Gasteiger partial charge is 0.221 e. The van der Waals surface area contributed by atoms with Gasteiger partial charge in [0.1, 0.15) is 0 Å². The van der Waals surface area contributed by atoms with Crippen LogP contribution >= 0.6 is 0 Å². The molecule has 90 valence electrons. The van der Waals surface area contributed by atoms with E-state index in [9.17, 15) is 4.79 Å². The first-order valence-electron chi connectivity index (χ1n) is 5.41. The monoisotopic (exact) mass is 216 g/mol. The van der Waals surface area contributed by atoms with Crippen molar-refractivity contribution in [3.8, 4) is 0 Å².